The Bertz CT molecular complexity index is 1040. The normalized spacial score (nSPS) is 21.6. The molecule has 0 aliphatic heterocycles. The molecule has 0 bridgehead atoms. The van der Waals surface area contributed by atoms with Gasteiger partial charge in [-0.3, -0.25) is 0 Å². The quantitative estimate of drug-likeness (QED) is 0.558. The van der Waals surface area contributed by atoms with Crippen LogP contribution in [0.1, 0.15) is 87.5 Å². The predicted octanol–water partition coefficient (Wildman–Crippen LogP) is 7.85. The molecule has 1 nitrogen and oxygen atoms in total. The zero-order chi connectivity index (χ0) is 20.9. The third-order valence-corrected chi connectivity index (χ3v) is 7.86. The van der Waals surface area contributed by atoms with Crippen LogP contribution in [-0.2, 0) is 5.41 Å². The average molecular weight is 399 g/mol. The van der Waals surface area contributed by atoms with Gasteiger partial charge in [0.2, 0.25) is 0 Å². The molecule has 0 amide bonds. The molecule has 1 saturated carbocycles. The summed E-state index contributed by atoms with van der Waals surface area (Å²) >= 11 is 0. The second kappa shape index (κ2) is 7.45. The summed E-state index contributed by atoms with van der Waals surface area (Å²) in [4.78, 5) is 0. The molecule has 3 aliphatic carbocycles. The van der Waals surface area contributed by atoms with Gasteiger partial charge in [-0.25, -0.2) is 0 Å². The van der Waals surface area contributed by atoms with Crippen molar-refractivity contribution in [2.75, 3.05) is 0 Å². The Balaban J connectivity index is 1.70. The molecule has 1 heteroatoms. The summed E-state index contributed by atoms with van der Waals surface area (Å²) < 4.78 is 0. The van der Waals surface area contributed by atoms with Crippen LogP contribution >= 0.6 is 0 Å². The number of fused-ring (bicyclic) bond motifs is 2. The number of benzene rings is 2. The van der Waals surface area contributed by atoms with Crippen molar-refractivity contribution in [1.29, 1.82) is 0 Å². The molecule has 1 atom stereocenters. The lowest BCUT2D eigenvalue weighted by molar-refractivity contribution is 0.451. The number of allylic oxidation sites excluding steroid dienone is 4. The summed E-state index contributed by atoms with van der Waals surface area (Å²) in [5.74, 6) is 1.16. The van der Waals surface area contributed by atoms with Crippen LogP contribution in [-0.4, -0.2) is 5.11 Å². The minimum Gasteiger partial charge on any atom is -0.507 e. The van der Waals surface area contributed by atoms with Gasteiger partial charge in [0.05, 0.1) is 0 Å². The van der Waals surface area contributed by atoms with Crippen LogP contribution < -0.4 is 0 Å². The van der Waals surface area contributed by atoms with Crippen LogP contribution in [0.2, 0.25) is 0 Å². The van der Waals surface area contributed by atoms with Gasteiger partial charge in [-0.05, 0) is 80.2 Å². The third-order valence-electron chi connectivity index (χ3n) is 7.86. The van der Waals surface area contributed by atoms with E-state index in [1.807, 2.05) is 0 Å². The number of hydrogen-bond donors (Lipinski definition) is 1. The fraction of sp³-hybridized carbons (Fsp3) is 0.448. The SMILES string of the molecule is Cc1cc(C2=C3CCCCC3C3=C2CCCC3)c(O)c(C(C)(C)c2ccccc2)c1. The molecule has 156 valence electrons. The molecule has 2 aromatic carbocycles. The Kier molecular flexibility index (Phi) is 4.88. The minimum atomic E-state index is -0.244. The fourth-order valence-corrected chi connectivity index (χ4v) is 6.28. The third kappa shape index (κ3) is 3.06. The summed E-state index contributed by atoms with van der Waals surface area (Å²) in [5, 5.41) is 11.7. The van der Waals surface area contributed by atoms with Crippen LogP contribution in [0.3, 0.4) is 0 Å². The highest BCUT2D eigenvalue weighted by Gasteiger charge is 2.38. The van der Waals surface area contributed by atoms with Gasteiger partial charge in [-0.2, -0.15) is 0 Å². The molecule has 5 rings (SSSR count). The molecule has 1 fully saturated rings. The van der Waals surface area contributed by atoms with E-state index in [9.17, 15) is 5.11 Å². The van der Waals surface area contributed by atoms with E-state index in [1.54, 1.807) is 16.7 Å². The fourth-order valence-electron chi connectivity index (χ4n) is 6.28. The molecule has 2 aromatic rings. The second-order valence-electron chi connectivity index (χ2n) is 10.1. The van der Waals surface area contributed by atoms with Crippen molar-refractivity contribution >= 4 is 5.57 Å². The largest absolute Gasteiger partial charge is 0.507 e. The van der Waals surface area contributed by atoms with Gasteiger partial charge in [0, 0.05) is 22.5 Å². The first-order valence-electron chi connectivity index (χ1n) is 11.8. The van der Waals surface area contributed by atoms with Crippen LogP contribution in [0.25, 0.3) is 5.57 Å². The van der Waals surface area contributed by atoms with Gasteiger partial charge in [-0.15, -0.1) is 0 Å². The van der Waals surface area contributed by atoms with Crippen molar-refractivity contribution < 1.29 is 5.11 Å². The van der Waals surface area contributed by atoms with E-state index in [1.165, 1.54) is 68.1 Å². The first kappa shape index (κ1) is 19.7. The number of phenols is 1. The van der Waals surface area contributed by atoms with Crippen molar-refractivity contribution in [3.8, 4) is 5.75 Å². The zero-order valence-corrected chi connectivity index (χ0v) is 18.7. The van der Waals surface area contributed by atoms with E-state index in [2.05, 4.69) is 63.2 Å². The van der Waals surface area contributed by atoms with Crippen molar-refractivity contribution in [2.24, 2.45) is 5.92 Å². The number of aromatic hydroxyl groups is 1. The lowest BCUT2D eigenvalue weighted by Gasteiger charge is -2.29. The molecule has 3 aliphatic rings. The first-order valence-corrected chi connectivity index (χ1v) is 11.8. The predicted molar refractivity (Wildman–Crippen MR) is 126 cm³/mol. The van der Waals surface area contributed by atoms with Gasteiger partial charge in [0.1, 0.15) is 5.75 Å². The standard InChI is InChI=1S/C29H34O/c1-19-17-25(28(30)26(18-19)29(2,3)20-11-5-4-6-12-20)27-23-15-9-7-13-21(23)22-14-8-10-16-24(22)27/h4-6,11-12,17-18,21,30H,7-10,13-16H2,1-3H3. The number of aryl methyl sites for hydroxylation is 1. The molecule has 1 unspecified atom stereocenters. The zero-order valence-electron chi connectivity index (χ0n) is 18.7. The van der Waals surface area contributed by atoms with Crippen LogP contribution in [0, 0.1) is 12.8 Å². The van der Waals surface area contributed by atoms with Crippen LogP contribution in [0.15, 0.2) is 59.2 Å². The Morgan fingerprint density at radius 3 is 2.37 bits per heavy atom. The van der Waals surface area contributed by atoms with Gasteiger partial charge >= 0.3 is 0 Å². The van der Waals surface area contributed by atoms with E-state index >= 15 is 0 Å². The van der Waals surface area contributed by atoms with Gasteiger partial charge < -0.3 is 5.11 Å². The Hall–Kier alpha value is -2.28. The molecule has 0 saturated heterocycles. The highest BCUT2D eigenvalue weighted by atomic mass is 16.3. The monoisotopic (exact) mass is 398 g/mol. The molecule has 0 spiro atoms. The summed E-state index contributed by atoms with van der Waals surface area (Å²) in [6, 6.07) is 15.1. The maximum Gasteiger partial charge on any atom is 0.127 e. The van der Waals surface area contributed by atoms with E-state index in [-0.39, 0.29) is 5.41 Å². The van der Waals surface area contributed by atoms with Crippen LogP contribution in [0.4, 0.5) is 0 Å². The van der Waals surface area contributed by atoms with Crippen molar-refractivity contribution in [3.63, 3.8) is 0 Å². The second-order valence-corrected chi connectivity index (χ2v) is 10.1. The number of rotatable bonds is 3. The van der Waals surface area contributed by atoms with Crippen molar-refractivity contribution in [1.82, 2.24) is 0 Å². The summed E-state index contributed by atoms with van der Waals surface area (Å²) in [7, 11) is 0. The van der Waals surface area contributed by atoms with Crippen LogP contribution in [0.5, 0.6) is 5.75 Å². The molecule has 30 heavy (non-hydrogen) atoms. The van der Waals surface area contributed by atoms with Crippen molar-refractivity contribution in [2.45, 2.75) is 77.6 Å². The Morgan fingerprint density at radius 2 is 1.57 bits per heavy atom. The molecular weight excluding hydrogens is 364 g/mol. The van der Waals surface area contributed by atoms with Gasteiger partial charge in [0.15, 0.2) is 0 Å². The summed E-state index contributed by atoms with van der Waals surface area (Å²) in [5.41, 5.74) is 10.8. The molecular formula is C29H34O. The highest BCUT2D eigenvalue weighted by molar-refractivity contribution is 5.89. The Labute approximate surface area is 181 Å². The smallest absolute Gasteiger partial charge is 0.127 e. The van der Waals surface area contributed by atoms with Gasteiger partial charge in [-0.1, -0.05) is 67.8 Å². The highest BCUT2D eigenvalue weighted by Crippen LogP contribution is 2.55. The molecule has 0 heterocycles. The van der Waals surface area contributed by atoms with E-state index < -0.39 is 0 Å². The van der Waals surface area contributed by atoms with Gasteiger partial charge in [0.25, 0.3) is 0 Å². The van der Waals surface area contributed by atoms with E-state index in [0.717, 1.165) is 11.1 Å². The lowest BCUT2D eigenvalue weighted by atomic mass is 9.75. The first-order chi connectivity index (χ1) is 14.5. The molecule has 1 N–H and O–H groups in total. The lowest BCUT2D eigenvalue weighted by Crippen LogP contribution is -2.19. The number of hydrogen-bond acceptors (Lipinski definition) is 1. The summed E-state index contributed by atoms with van der Waals surface area (Å²) in [6.45, 7) is 6.66. The molecule has 0 radical (unpaired) electrons. The number of phenolic OH excluding ortho intramolecular Hbond substituents is 1. The minimum absolute atomic E-state index is 0.244. The molecule has 0 aromatic heterocycles. The van der Waals surface area contributed by atoms with Crippen molar-refractivity contribution in [3.05, 3.63) is 81.4 Å². The summed E-state index contributed by atoms with van der Waals surface area (Å²) in [6.07, 6.45) is 10.2. The maximum atomic E-state index is 11.7. The van der Waals surface area contributed by atoms with E-state index in [4.69, 9.17) is 0 Å². The average Bonchev–Trinajstić information content (AvgIpc) is 3.10. The maximum absolute atomic E-state index is 11.7. The topological polar surface area (TPSA) is 20.2 Å². The van der Waals surface area contributed by atoms with E-state index in [0.29, 0.717) is 11.7 Å². The Morgan fingerprint density at radius 1 is 0.867 bits per heavy atom.